The summed E-state index contributed by atoms with van der Waals surface area (Å²) in [6, 6.07) is 4.65. The summed E-state index contributed by atoms with van der Waals surface area (Å²) in [6.07, 6.45) is 0. The molecule has 7 nitrogen and oxygen atoms in total. The average molecular weight is 281 g/mol. The molecule has 0 saturated carbocycles. The van der Waals surface area contributed by atoms with Crippen molar-refractivity contribution in [3.63, 3.8) is 0 Å². The van der Waals surface area contributed by atoms with Gasteiger partial charge in [0.1, 0.15) is 0 Å². The number of carboxylic acids is 1. The molecule has 1 aliphatic heterocycles. The van der Waals surface area contributed by atoms with E-state index in [1.165, 1.54) is 26.2 Å². The van der Waals surface area contributed by atoms with Gasteiger partial charge in [-0.1, -0.05) is 0 Å². The summed E-state index contributed by atoms with van der Waals surface area (Å²) in [5, 5.41) is 11.6. The lowest BCUT2D eigenvalue weighted by atomic mass is 10.0. The van der Waals surface area contributed by atoms with E-state index in [1.807, 2.05) is 0 Å². The Bertz CT molecular complexity index is 544. The summed E-state index contributed by atoms with van der Waals surface area (Å²) in [5.74, 6) is -0.681. The van der Waals surface area contributed by atoms with Crippen molar-refractivity contribution in [1.82, 2.24) is 5.32 Å². The van der Waals surface area contributed by atoms with Crippen molar-refractivity contribution >= 4 is 11.9 Å². The van der Waals surface area contributed by atoms with E-state index in [4.69, 9.17) is 14.2 Å². The van der Waals surface area contributed by atoms with E-state index >= 15 is 0 Å². The van der Waals surface area contributed by atoms with E-state index in [0.717, 1.165) is 0 Å². The van der Waals surface area contributed by atoms with E-state index in [0.29, 0.717) is 11.5 Å². The fraction of sp³-hybridized carbons (Fsp3) is 0.385. The molecule has 0 aliphatic carbocycles. The lowest BCUT2D eigenvalue weighted by molar-refractivity contribution is -0.145. The molecule has 0 fully saturated rings. The van der Waals surface area contributed by atoms with Gasteiger partial charge in [0.25, 0.3) is 5.91 Å². The average Bonchev–Trinajstić information content (AvgIpc) is 2.85. The molecule has 0 radical (unpaired) electrons. The standard InChI is InChI=1S/C13H15NO6/c1-13(6-18-2,12(16)17)14-11(15)8-3-4-9-10(5-8)20-7-19-9/h3-5H,6-7H2,1-2H3,(H,14,15)(H,16,17). The normalized spacial score (nSPS) is 15.5. The predicted octanol–water partition coefficient (Wildman–Crippen LogP) is 0.635. The molecule has 2 rings (SSSR count). The van der Waals surface area contributed by atoms with Crippen molar-refractivity contribution in [2.75, 3.05) is 20.5 Å². The summed E-state index contributed by atoms with van der Waals surface area (Å²) >= 11 is 0. The molecule has 0 saturated heterocycles. The third kappa shape index (κ3) is 2.67. The Morgan fingerprint density at radius 1 is 1.40 bits per heavy atom. The van der Waals surface area contributed by atoms with Crippen LogP contribution in [-0.4, -0.2) is 43.0 Å². The van der Waals surface area contributed by atoms with Gasteiger partial charge < -0.3 is 24.6 Å². The summed E-state index contributed by atoms with van der Waals surface area (Å²) in [7, 11) is 1.37. The SMILES string of the molecule is COCC(C)(NC(=O)c1ccc2c(c1)OCO2)C(=O)O. The van der Waals surface area contributed by atoms with Crippen LogP contribution in [0.2, 0.25) is 0 Å². The first-order valence-corrected chi connectivity index (χ1v) is 5.91. The van der Waals surface area contributed by atoms with Crippen molar-refractivity contribution in [3.05, 3.63) is 23.8 Å². The minimum Gasteiger partial charge on any atom is -0.479 e. The molecular weight excluding hydrogens is 266 g/mol. The minimum atomic E-state index is -1.50. The molecule has 0 aromatic heterocycles. The number of methoxy groups -OCH3 is 1. The van der Waals surface area contributed by atoms with E-state index in [9.17, 15) is 14.7 Å². The van der Waals surface area contributed by atoms with Crippen LogP contribution in [0.15, 0.2) is 18.2 Å². The number of carboxylic acid groups (broad SMARTS) is 1. The van der Waals surface area contributed by atoms with Crippen LogP contribution in [0.4, 0.5) is 0 Å². The van der Waals surface area contributed by atoms with Gasteiger partial charge in [0.2, 0.25) is 6.79 Å². The van der Waals surface area contributed by atoms with Crippen molar-refractivity contribution in [2.45, 2.75) is 12.5 Å². The smallest absolute Gasteiger partial charge is 0.331 e. The molecule has 1 atom stereocenters. The number of benzene rings is 1. The molecule has 7 heteroatoms. The second-order valence-corrected chi connectivity index (χ2v) is 4.59. The van der Waals surface area contributed by atoms with Crippen LogP contribution in [0.5, 0.6) is 11.5 Å². The predicted molar refractivity (Wildman–Crippen MR) is 67.9 cm³/mol. The quantitative estimate of drug-likeness (QED) is 0.822. The van der Waals surface area contributed by atoms with Gasteiger partial charge in [-0.25, -0.2) is 4.79 Å². The fourth-order valence-electron chi connectivity index (χ4n) is 1.80. The Balaban J connectivity index is 2.17. The van der Waals surface area contributed by atoms with Gasteiger partial charge in [0.15, 0.2) is 17.0 Å². The number of hydrogen-bond donors (Lipinski definition) is 2. The largest absolute Gasteiger partial charge is 0.479 e. The molecule has 0 spiro atoms. The molecule has 108 valence electrons. The van der Waals surface area contributed by atoms with Crippen LogP contribution in [0.3, 0.4) is 0 Å². The Morgan fingerprint density at radius 3 is 2.75 bits per heavy atom. The number of nitrogens with one attached hydrogen (secondary N) is 1. The van der Waals surface area contributed by atoms with Crippen molar-refractivity contribution < 1.29 is 28.9 Å². The molecule has 1 aromatic rings. The third-order valence-corrected chi connectivity index (χ3v) is 2.93. The fourth-order valence-corrected chi connectivity index (χ4v) is 1.80. The molecule has 20 heavy (non-hydrogen) atoms. The molecule has 1 amide bonds. The molecule has 1 heterocycles. The number of fused-ring (bicyclic) bond motifs is 1. The van der Waals surface area contributed by atoms with Gasteiger partial charge in [0, 0.05) is 12.7 Å². The lowest BCUT2D eigenvalue weighted by Gasteiger charge is -2.25. The highest BCUT2D eigenvalue weighted by Gasteiger charge is 2.35. The maximum Gasteiger partial charge on any atom is 0.331 e. The van der Waals surface area contributed by atoms with Crippen molar-refractivity contribution in [1.29, 1.82) is 0 Å². The van der Waals surface area contributed by atoms with Gasteiger partial charge in [-0.15, -0.1) is 0 Å². The van der Waals surface area contributed by atoms with Gasteiger partial charge >= 0.3 is 5.97 Å². The Kier molecular flexibility index (Phi) is 3.80. The molecule has 1 aromatic carbocycles. The molecule has 2 N–H and O–H groups in total. The summed E-state index contributed by atoms with van der Waals surface area (Å²) < 4.78 is 15.2. The second kappa shape index (κ2) is 5.38. The van der Waals surface area contributed by atoms with Gasteiger partial charge in [-0.2, -0.15) is 0 Å². The van der Waals surface area contributed by atoms with Crippen LogP contribution in [-0.2, 0) is 9.53 Å². The van der Waals surface area contributed by atoms with E-state index in [1.54, 1.807) is 6.07 Å². The summed E-state index contributed by atoms with van der Waals surface area (Å²) in [4.78, 5) is 23.3. The maximum absolute atomic E-state index is 12.1. The molecular formula is C13H15NO6. The van der Waals surface area contributed by atoms with Gasteiger partial charge in [-0.05, 0) is 25.1 Å². The third-order valence-electron chi connectivity index (χ3n) is 2.93. The van der Waals surface area contributed by atoms with Crippen LogP contribution in [0.1, 0.15) is 17.3 Å². The van der Waals surface area contributed by atoms with Crippen molar-refractivity contribution in [3.8, 4) is 11.5 Å². The first kappa shape index (κ1) is 14.1. The Hall–Kier alpha value is -2.28. The highest BCUT2D eigenvalue weighted by molar-refractivity contribution is 5.98. The number of amides is 1. The summed E-state index contributed by atoms with van der Waals surface area (Å²) in [5.41, 5.74) is -1.21. The number of hydrogen-bond acceptors (Lipinski definition) is 5. The van der Waals surface area contributed by atoms with E-state index in [-0.39, 0.29) is 19.0 Å². The number of rotatable bonds is 5. The number of aliphatic carboxylic acids is 1. The van der Waals surface area contributed by atoms with Crippen LogP contribution in [0, 0.1) is 0 Å². The van der Waals surface area contributed by atoms with Crippen molar-refractivity contribution in [2.24, 2.45) is 0 Å². The lowest BCUT2D eigenvalue weighted by Crippen LogP contribution is -2.55. The highest BCUT2D eigenvalue weighted by Crippen LogP contribution is 2.32. The summed E-state index contributed by atoms with van der Waals surface area (Å²) in [6.45, 7) is 1.35. The van der Waals surface area contributed by atoms with Crippen LogP contribution >= 0.6 is 0 Å². The Morgan fingerprint density at radius 2 is 2.10 bits per heavy atom. The molecule has 1 unspecified atom stereocenters. The Labute approximate surface area is 115 Å². The highest BCUT2D eigenvalue weighted by atomic mass is 16.7. The molecule has 0 bridgehead atoms. The zero-order valence-corrected chi connectivity index (χ0v) is 11.1. The number of ether oxygens (including phenoxy) is 3. The van der Waals surface area contributed by atoms with Crippen LogP contribution in [0.25, 0.3) is 0 Å². The van der Waals surface area contributed by atoms with E-state index in [2.05, 4.69) is 5.32 Å². The number of carbonyl (C=O) groups is 2. The topological polar surface area (TPSA) is 94.1 Å². The van der Waals surface area contributed by atoms with Gasteiger partial charge in [0.05, 0.1) is 6.61 Å². The zero-order valence-electron chi connectivity index (χ0n) is 11.1. The first-order chi connectivity index (χ1) is 9.46. The van der Waals surface area contributed by atoms with Gasteiger partial charge in [-0.3, -0.25) is 4.79 Å². The van der Waals surface area contributed by atoms with Crippen LogP contribution < -0.4 is 14.8 Å². The molecule has 1 aliphatic rings. The zero-order chi connectivity index (χ0) is 14.8. The monoisotopic (exact) mass is 281 g/mol. The van der Waals surface area contributed by atoms with E-state index < -0.39 is 17.4 Å². The number of carbonyl (C=O) groups excluding carboxylic acids is 1. The maximum atomic E-state index is 12.1. The second-order valence-electron chi connectivity index (χ2n) is 4.59. The first-order valence-electron chi connectivity index (χ1n) is 5.91. The minimum absolute atomic E-state index is 0.108.